The number of hydrogen-bond donors (Lipinski definition) is 6. The van der Waals surface area contributed by atoms with Crippen molar-refractivity contribution in [3.05, 3.63) is 33.9 Å². The summed E-state index contributed by atoms with van der Waals surface area (Å²) in [5, 5.41) is 21.9. The second kappa shape index (κ2) is 15.3. The van der Waals surface area contributed by atoms with Gasteiger partial charge in [-0.15, -0.1) is 0 Å². The first kappa shape index (κ1) is 30.3. The fourth-order valence-corrected chi connectivity index (χ4v) is 3.42. The summed E-state index contributed by atoms with van der Waals surface area (Å²) in [6.45, 7) is 5.91. The molecule has 36 heavy (non-hydrogen) atoms. The second-order valence-electron chi connectivity index (χ2n) is 8.38. The van der Waals surface area contributed by atoms with E-state index in [4.69, 9.17) is 11.5 Å². The van der Waals surface area contributed by atoms with Crippen LogP contribution in [0.3, 0.4) is 0 Å². The van der Waals surface area contributed by atoms with Gasteiger partial charge < -0.3 is 32.7 Å². The zero-order valence-corrected chi connectivity index (χ0v) is 21.0. The molecule has 4 amide bonds. The minimum absolute atomic E-state index is 0.0193. The third-order valence-corrected chi connectivity index (χ3v) is 5.62. The molecular formula is C23H37N7O6. The van der Waals surface area contributed by atoms with Gasteiger partial charge in [0.2, 0.25) is 17.7 Å². The molecule has 1 rings (SSSR count). The minimum atomic E-state index is -1.03. The van der Waals surface area contributed by atoms with Crippen molar-refractivity contribution < 1.29 is 24.1 Å². The number of unbranched alkanes of at least 4 members (excludes halogenated alkanes) is 1. The third-order valence-electron chi connectivity index (χ3n) is 5.62. The van der Waals surface area contributed by atoms with Gasteiger partial charge in [0.05, 0.1) is 17.0 Å². The Morgan fingerprint density at radius 1 is 1.08 bits per heavy atom. The van der Waals surface area contributed by atoms with Gasteiger partial charge >= 0.3 is 0 Å². The Balaban J connectivity index is 3.17. The largest absolute Gasteiger partial charge is 0.385 e. The summed E-state index contributed by atoms with van der Waals surface area (Å²) in [5.41, 5.74) is 10.8. The van der Waals surface area contributed by atoms with Crippen LogP contribution in [0.25, 0.3) is 0 Å². The van der Waals surface area contributed by atoms with Crippen molar-refractivity contribution in [1.82, 2.24) is 16.0 Å². The highest BCUT2D eigenvalue weighted by molar-refractivity contribution is 6.03. The molecule has 0 bridgehead atoms. The number of nitrogens with two attached hydrogens (primary N) is 2. The molecule has 0 fully saturated rings. The van der Waals surface area contributed by atoms with Crippen LogP contribution in [-0.4, -0.2) is 60.3 Å². The van der Waals surface area contributed by atoms with Gasteiger partial charge in [-0.25, -0.2) is 0 Å². The van der Waals surface area contributed by atoms with E-state index in [1.165, 1.54) is 12.1 Å². The van der Waals surface area contributed by atoms with E-state index in [-0.39, 0.29) is 30.1 Å². The molecule has 200 valence electrons. The molecule has 0 saturated carbocycles. The number of hydrogen-bond acceptors (Lipinski definition) is 8. The van der Waals surface area contributed by atoms with Crippen LogP contribution >= 0.6 is 0 Å². The van der Waals surface area contributed by atoms with Gasteiger partial charge in [-0.1, -0.05) is 20.3 Å². The van der Waals surface area contributed by atoms with Crippen molar-refractivity contribution in [2.24, 2.45) is 17.4 Å². The zero-order chi connectivity index (χ0) is 27.3. The van der Waals surface area contributed by atoms with E-state index in [1.54, 1.807) is 6.92 Å². The Bertz CT molecular complexity index is 940. The van der Waals surface area contributed by atoms with Gasteiger partial charge in [0.15, 0.2) is 0 Å². The molecule has 0 aliphatic rings. The highest BCUT2D eigenvalue weighted by atomic mass is 16.6. The molecule has 1 aromatic carbocycles. The smallest absolute Gasteiger partial charge is 0.270 e. The molecule has 0 radical (unpaired) electrons. The summed E-state index contributed by atoms with van der Waals surface area (Å²) in [6.07, 6.45) is 1.97. The Labute approximate surface area is 210 Å². The lowest BCUT2D eigenvalue weighted by Gasteiger charge is -2.27. The van der Waals surface area contributed by atoms with E-state index in [1.807, 2.05) is 13.8 Å². The molecule has 3 atom stereocenters. The number of nitro benzene ring substituents is 1. The van der Waals surface area contributed by atoms with Crippen LogP contribution in [0, 0.1) is 16.0 Å². The number of rotatable bonds is 16. The maximum absolute atomic E-state index is 13.2. The van der Waals surface area contributed by atoms with Crippen LogP contribution in [0.4, 0.5) is 11.4 Å². The third kappa shape index (κ3) is 9.49. The first-order valence-electron chi connectivity index (χ1n) is 11.9. The number of primary amides is 1. The predicted molar refractivity (Wildman–Crippen MR) is 135 cm³/mol. The summed E-state index contributed by atoms with van der Waals surface area (Å²) in [4.78, 5) is 60.6. The average Bonchev–Trinajstić information content (AvgIpc) is 2.84. The number of non-ortho nitro benzene ring substituents is 1. The van der Waals surface area contributed by atoms with Crippen molar-refractivity contribution in [1.29, 1.82) is 0 Å². The molecule has 0 saturated heterocycles. The molecule has 0 heterocycles. The number of nitrogens with one attached hydrogen (secondary N) is 4. The van der Waals surface area contributed by atoms with Crippen molar-refractivity contribution in [3.8, 4) is 0 Å². The Kier molecular flexibility index (Phi) is 12.9. The number of nitrogens with zero attached hydrogens (tertiary/aromatic N) is 1. The Morgan fingerprint density at radius 3 is 2.33 bits per heavy atom. The van der Waals surface area contributed by atoms with Crippen LogP contribution in [0.15, 0.2) is 18.2 Å². The summed E-state index contributed by atoms with van der Waals surface area (Å²) in [5.74, 6) is -2.91. The fraction of sp³-hybridized carbons (Fsp3) is 0.565. The molecule has 0 spiro atoms. The molecule has 13 heteroatoms. The van der Waals surface area contributed by atoms with Crippen LogP contribution in [0.1, 0.15) is 56.8 Å². The normalized spacial score (nSPS) is 13.1. The van der Waals surface area contributed by atoms with Crippen LogP contribution in [0.5, 0.6) is 0 Å². The molecule has 3 unspecified atom stereocenters. The number of benzene rings is 1. The maximum Gasteiger partial charge on any atom is 0.270 e. The fourth-order valence-electron chi connectivity index (χ4n) is 3.42. The van der Waals surface area contributed by atoms with Crippen molar-refractivity contribution in [2.75, 3.05) is 25.0 Å². The lowest BCUT2D eigenvalue weighted by molar-refractivity contribution is -0.384. The van der Waals surface area contributed by atoms with Gasteiger partial charge in [0, 0.05) is 24.4 Å². The van der Waals surface area contributed by atoms with Crippen LogP contribution < -0.4 is 32.7 Å². The number of anilines is 1. The van der Waals surface area contributed by atoms with E-state index >= 15 is 0 Å². The van der Waals surface area contributed by atoms with E-state index < -0.39 is 40.6 Å². The van der Waals surface area contributed by atoms with Crippen LogP contribution in [-0.2, 0) is 14.4 Å². The zero-order valence-electron chi connectivity index (χ0n) is 21.0. The first-order valence-corrected chi connectivity index (χ1v) is 11.9. The lowest BCUT2D eigenvalue weighted by atomic mass is 9.96. The Morgan fingerprint density at radius 2 is 1.78 bits per heavy atom. The maximum atomic E-state index is 13.2. The summed E-state index contributed by atoms with van der Waals surface area (Å²) in [7, 11) is 0. The summed E-state index contributed by atoms with van der Waals surface area (Å²) >= 11 is 0. The van der Waals surface area contributed by atoms with Crippen LogP contribution in [0.2, 0.25) is 0 Å². The number of nitro groups is 1. The van der Waals surface area contributed by atoms with Gasteiger partial charge in [0.25, 0.3) is 11.6 Å². The second-order valence-corrected chi connectivity index (χ2v) is 8.38. The highest BCUT2D eigenvalue weighted by Crippen LogP contribution is 2.23. The summed E-state index contributed by atoms with van der Waals surface area (Å²) in [6, 6.07) is 1.86. The van der Waals surface area contributed by atoms with Gasteiger partial charge in [-0.3, -0.25) is 29.3 Å². The molecule has 0 aliphatic carbocycles. The topological polar surface area (TPSA) is 212 Å². The lowest BCUT2D eigenvalue weighted by Crippen LogP contribution is -2.56. The van der Waals surface area contributed by atoms with Gasteiger partial charge in [0.1, 0.15) is 12.1 Å². The number of carbonyl (C=O) groups is 4. The quantitative estimate of drug-likeness (QED) is 0.104. The molecule has 0 aromatic heterocycles. The van der Waals surface area contributed by atoms with Gasteiger partial charge in [-0.2, -0.15) is 0 Å². The molecular weight excluding hydrogens is 470 g/mol. The predicted octanol–water partition coefficient (Wildman–Crippen LogP) is 0.386. The molecule has 1 aromatic rings. The molecule has 13 nitrogen and oxygen atoms in total. The van der Waals surface area contributed by atoms with Crippen molar-refractivity contribution >= 4 is 35.0 Å². The highest BCUT2D eigenvalue weighted by Gasteiger charge is 2.31. The minimum Gasteiger partial charge on any atom is -0.385 e. The van der Waals surface area contributed by atoms with E-state index in [9.17, 15) is 29.3 Å². The molecule has 8 N–H and O–H groups in total. The van der Waals surface area contributed by atoms with Gasteiger partial charge in [-0.05, 0) is 44.7 Å². The molecule has 0 aliphatic heterocycles. The number of amides is 4. The van der Waals surface area contributed by atoms with Crippen molar-refractivity contribution in [3.63, 3.8) is 0 Å². The average molecular weight is 508 g/mol. The van der Waals surface area contributed by atoms with E-state index in [2.05, 4.69) is 21.3 Å². The van der Waals surface area contributed by atoms with E-state index in [0.29, 0.717) is 38.0 Å². The van der Waals surface area contributed by atoms with Crippen molar-refractivity contribution in [2.45, 2.75) is 58.5 Å². The monoisotopic (exact) mass is 507 g/mol. The first-order chi connectivity index (χ1) is 17.0. The standard InChI is InChI=1S/C23H37N7O6/c1-4-14(3)20(23(34)28-18(8-6-7-11-24)22(33)27-13-19(25)31)29-21(32)16-12-15(30(35)36)9-10-17(16)26-5-2/h9-10,12,14,18,20,26H,4-8,11,13,24H2,1-3H3,(H2,25,31)(H,27,33)(H,28,34)(H,29,32). The summed E-state index contributed by atoms with van der Waals surface area (Å²) < 4.78 is 0. The number of carbonyl (C=O) groups excluding carboxylic acids is 4. The Hall–Kier alpha value is -3.74. The van der Waals surface area contributed by atoms with E-state index in [0.717, 1.165) is 6.07 Å². The SMILES string of the molecule is CCNc1ccc([N+](=O)[O-])cc1C(=O)NC(C(=O)NC(CCCCN)C(=O)NCC(N)=O)C(C)CC.